The van der Waals surface area contributed by atoms with E-state index in [1.165, 1.54) is 0 Å². The van der Waals surface area contributed by atoms with Crippen LogP contribution >= 0.6 is 15.9 Å². The van der Waals surface area contributed by atoms with Crippen LogP contribution in [0.3, 0.4) is 0 Å². The van der Waals surface area contributed by atoms with Gasteiger partial charge >= 0.3 is 0 Å². The van der Waals surface area contributed by atoms with E-state index in [1.807, 2.05) is 0 Å². The third-order valence-corrected chi connectivity index (χ3v) is 0.810. The fraction of sp³-hybridized carbons (Fsp3) is 0.250. The van der Waals surface area contributed by atoms with Crippen molar-refractivity contribution in [2.24, 2.45) is 6.98 Å². The predicted molar refractivity (Wildman–Crippen MR) is 30.9 cm³/mol. The molecular weight excluding hydrogens is 156 g/mol. The molecule has 0 atom stereocenters. The van der Waals surface area contributed by atoms with Crippen LogP contribution in [-0.2, 0) is 6.98 Å². The van der Waals surface area contributed by atoms with E-state index in [0.29, 0.717) is 4.68 Å². The highest BCUT2D eigenvalue weighted by molar-refractivity contribution is 9.10. The van der Waals surface area contributed by atoms with Crippen LogP contribution in [0.25, 0.3) is 0 Å². The quantitative estimate of drug-likeness (QED) is 0.565. The van der Waals surface area contributed by atoms with Crippen molar-refractivity contribution < 1.29 is 6.85 Å². The summed E-state index contributed by atoms with van der Waals surface area (Å²) < 4.78 is 35.8. The first-order valence-corrected chi connectivity index (χ1v) is 2.35. The third kappa shape index (κ3) is 1.03. The number of aryl methyl sites for hydroxylation is 1. The second kappa shape index (κ2) is 1.66. The van der Waals surface area contributed by atoms with Gasteiger partial charge in [-0.1, -0.05) is 0 Å². The van der Waals surface area contributed by atoms with Gasteiger partial charge in [-0.3, -0.25) is 4.68 Å². The van der Waals surface area contributed by atoms with E-state index in [0.717, 1.165) is 0 Å². The minimum Gasteiger partial charge on any atom is -0.275 e. The van der Waals surface area contributed by atoms with Crippen molar-refractivity contribution in [1.29, 1.82) is 0 Å². The number of nitrogens with zero attached hydrogens (tertiary/aromatic N) is 2. The van der Waals surface area contributed by atoms with Crippen LogP contribution in [0.15, 0.2) is 16.8 Å². The van der Waals surface area contributed by atoms with Crippen LogP contribution in [-0.4, -0.2) is 9.78 Å². The molecule has 0 aliphatic heterocycles. The summed E-state index contributed by atoms with van der Waals surface area (Å²) >= 11 is 2.87. The van der Waals surface area contributed by atoms with Gasteiger partial charge in [-0.2, -0.15) is 5.10 Å². The average molecular weight is 166 g/mol. The molecule has 0 saturated carbocycles. The minimum absolute atomic E-state index is 0.0728. The molecule has 0 unspecified atom stereocenters. The topological polar surface area (TPSA) is 17.8 Å². The van der Waals surface area contributed by atoms with Crippen molar-refractivity contribution in [3.63, 3.8) is 0 Å². The van der Waals surface area contributed by atoms with E-state index < -0.39 is 13.1 Å². The lowest BCUT2D eigenvalue weighted by molar-refractivity contribution is 0.760. The summed E-state index contributed by atoms with van der Waals surface area (Å²) in [6.07, 6.45) is -0.415. The molecule has 0 N–H and O–H groups in total. The Labute approximate surface area is 57.3 Å². The van der Waals surface area contributed by atoms with Gasteiger partial charge in [0.2, 0.25) is 0 Å². The first-order chi connectivity index (χ1) is 5.34. The van der Waals surface area contributed by atoms with E-state index in [4.69, 9.17) is 6.85 Å². The maximum atomic E-state index is 7.19. The zero-order valence-electron chi connectivity index (χ0n) is 8.27. The van der Waals surface area contributed by atoms with Gasteiger partial charge in [0.05, 0.1) is 2.74 Å². The van der Waals surface area contributed by atoms with Gasteiger partial charge < -0.3 is 0 Å². The molecule has 0 aliphatic rings. The lowest BCUT2D eigenvalue weighted by Crippen LogP contribution is -1.84. The maximum Gasteiger partial charge on any atom is 0.128 e. The highest BCUT2D eigenvalue weighted by Gasteiger charge is 1.84. The Bertz CT molecular complexity index is 303. The fourth-order valence-electron chi connectivity index (χ4n) is 0.237. The minimum atomic E-state index is -2.49. The summed E-state index contributed by atoms with van der Waals surface area (Å²) in [5, 5.41) is 3.48. The van der Waals surface area contributed by atoms with Crippen molar-refractivity contribution in [1.82, 2.24) is 9.78 Å². The predicted octanol–water partition coefficient (Wildman–Crippen LogP) is 1.18. The molecule has 0 bridgehead atoms. The van der Waals surface area contributed by atoms with Crippen LogP contribution in [0, 0.1) is 0 Å². The van der Waals surface area contributed by atoms with Gasteiger partial charge in [0, 0.05) is 17.3 Å². The van der Waals surface area contributed by atoms with E-state index in [-0.39, 0.29) is 10.6 Å². The molecule has 0 aliphatic carbocycles. The number of hydrogen-bond acceptors (Lipinski definition) is 1. The van der Waals surface area contributed by atoms with Crippen molar-refractivity contribution >= 4 is 15.9 Å². The molecule has 0 fully saturated rings. The zero-order valence-corrected chi connectivity index (χ0v) is 4.86. The molecule has 0 aromatic carbocycles. The first-order valence-electron chi connectivity index (χ1n) is 4.06. The second-order valence-corrected chi connectivity index (χ2v) is 1.69. The number of halogens is 1. The van der Waals surface area contributed by atoms with Crippen LogP contribution in [0.2, 0.25) is 0 Å². The molecule has 0 spiro atoms. The monoisotopic (exact) mass is 165 g/mol. The largest absolute Gasteiger partial charge is 0.275 e. The lowest BCUT2D eigenvalue weighted by atomic mass is 10.8. The molecule has 3 heteroatoms. The molecule has 7 heavy (non-hydrogen) atoms. The fourth-order valence-corrected chi connectivity index (χ4v) is 0.484. The molecule has 1 heterocycles. The SMILES string of the molecule is [2H]c1c(Br)nn(C([2H])([2H])[2H])c1[2H]. The molecule has 0 amide bonds. The van der Waals surface area contributed by atoms with Crippen molar-refractivity contribution in [2.45, 2.75) is 0 Å². The molecular formula is C4H5BrN2. The van der Waals surface area contributed by atoms with Gasteiger partial charge in [-0.05, 0) is 22.0 Å². The van der Waals surface area contributed by atoms with Gasteiger partial charge in [0.1, 0.15) is 4.60 Å². The van der Waals surface area contributed by atoms with E-state index in [2.05, 4.69) is 21.0 Å². The Hall–Kier alpha value is -0.310. The highest BCUT2D eigenvalue weighted by atomic mass is 79.9. The molecule has 1 rings (SSSR count). The third-order valence-electron chi connectivity index (χ3n) is 0.453. The standard InChI is InChI=1S/C4H5BrN2/c1-7-3-2-4(5)6-7/h2-3H,1H3/i1D3,2D,3D. The van der Waals surface area contributed by atoms with E-state index in [1.54, 1.807) is 0 Å². The second-order valence-electron chi connectivity index (χ2n) is 0.939. The van der Waals surface area contributed by atoms with Gasteiger partial charge in [-0.25, -0.2) is 0 Å². The van der Waals surface area contributed by atoms with Crippen LogP contribution in [0.1, 0.15) is 6.85 Å². The van der Waals surface area contributed by atoms with Gasteiger partial charge in [-0.15, -0.1) is 0 Å². The van der Waals surface area contributed by atoms with Crippen LogP contribution < -0.4 is 0 Å². The zero-order chi connectivity index (χ0) is 9.52. The number of hydrogen-bond donors (Lipinski definition) is 0. The summed E-state index contributed by atoms with van der Waals surface area (Å²) in [4.78, 5) is 0. The summed E-state index contributed by atoms with van der Waals surface area (Å²) in [7, 11) is 0. The van der Waals surface area contributed by atoms with Crippen molar-refractivity contribution in [3.8, 4) is 0 Å². The van der Waals surface area contributed by atoms with Crippen LogP contribution in [0.5, 0.6) is 0 Å². The smallest absolute Gasteiger partial charge is 0.128 e. The Balaban J connectivity index is 3.28. The molecule has 1 aromatic rings. The van der Waals surface area contributed by atoms with Gasteiger partial charge in [0.25, 0.3) is 0 Å². The summed E-state index contributed by atoms with van der Waals surface area (Å²) in [6.45, 7) is -2.49. The first kappa shape index (κ1) is 1.58. The Morgan fingerprint density at radius 3 is 3.43 bits per heavy atom. The Morgan fingerprint density at radius 2 is 3.14 bits per heavy atom. The highest BCUT2D eigenvalue weighted by Crippen LogP contribution is 2.01. The molecule has 0 radical (unpaired) electrons. The maximum absolute atomic E-state index is 7.19. The normalized spacial score (nSPS) is 21.6. The van der Waals surface area contributed by atoms with Crippen LogP contribution in [0.4, 0.5) is 0 Å². The number of aromatic nitrogens is 2. The van der Waals surface area contributed by atoms with Gasteiger partial charge in [0.15, 0.2) is 0 Å². The van der Waals surface area contributed by atoms with Crippen molar-refractivity contribution in [3.05, 3.63) is 16.8 Å². The van der Waals surface area contributed by atoms with Crippen molar-refractivity contribution in [2.75, 3.05) is 0 Å². The molecule has 0 saturated heterocycles. The average Bonchev–Trinajstić information content (AvgIpc) is 2.15. The lowest BCUT2D eigenvalue weighted by Gasteiger charge is -1.79. The summed E-state index contributed by atoms with van der Waals surface area (Å²) in [5.41, 5.74) is 0. The van der Waals surface area contributed by atoms with E-state index in [9.17, 15) is 0 Å². The summed E-state index contributed by atoms with van der Waals surface area (Å²) in [6, 6.07) is -0.217. The molecule has 1 aromatic heterocycles. The molecule has 2 nitrogen and oxygen atoms in total. The Kier molecular flexibility index (Phi) is 0.375. The number of rotatable bonds is 0. The summed E-state index contributed by atoms with van der Waals surface area (Å²) in [5.74, 6) is 0. The van der Waals surface area contributed by atoms with E-state index >= 15 is 0 Å². The molecule has 38 valence electrons. The Morgan fingerprint density at radius 1 is 2.29 bits per heavy atom.